The molecule has 26 heavy (non-hydrogen) atoms. The average molecular weight is 400 g/mol. The number of rotatable bonds is 13. The van der Waals surface area contributed by atoms with Gasteiger partial charge in [0.15, 0.2) is 0 Å². The summed E-state index contributed by atoms with van der Waals surface area (Å²) < 4.78 is 39.7. The number of fused-ring (bicyclic) bond motifs is 1. The number of thiazole rings is 1. The Kier molecular flexibility index (Phi) is 8.99. The third-order valence-corrected chi connectivity index (χ3v) is 7.90. The summed E-state index contributed by atoms with van der Waals surface area (Å²) >= 11 is 1.05. The van der Waals surface area contributed by atoms with Crippen molar-refractivity contribution in [2.24, 2.45) is 0 Å². The third-order valence-electron chi connectivity index (χ3n) is 4.64. The maximum Gasteiger partial charge on any atom is 0.237 e. The molecule has 0 bridgehead atoms. The number of alkyl halides is 1. The molecule has 146 valence electrons. The Morgan fingerprint density at radius 2 is 1.54 bits per heavy atom. The van der Waals surface area contributed by atoms with Crippen molar-refractivity contribution in [2.75, 3.05) is 0 Å². The number of hydrogen-bond acceptors (Lipinski definition) is 4. The van der Waals surface area contributed by atoms with E-state index in [0.29, 0.717) is 11.9 Å². The van der Waals surface area contributed by atoms with Gasteiger partial charge in [0.05, 0.1) is 10.2 Å². The molecule has 1 heterocycles. The highest BCUT2D eigenvalue weighted by molar-refractivity contribution is 7.93. The maximum atomic E-state index is 14.3. The molecule has 1 atom stereocenters. The molecule has 2 rings (SSSR count). The highest BCUT2D eigenvalue weighted by atomic mass is 32.2. The number of para-hydroxylation sites is 1. The van der Waals surface area contributed by atoms with Crippen molar-refractivity contribution in [3.63, 3.8) is 0 Å². The van der Waals surface area contributed by atoms with Crippen molar-refractivity contribution in [2.45, 2.75) is 87.4 Å². The van der Waals surface area contributed by atoms with Gasteiger partial charge in [0.25, 0.3) is 0 Å². The van der Waals surface area contributed by atoms with Crippen LogP contribution in [-0.2, 0) is 9.84 Å². The molecule has 0 aliphatic carbocycles. The fourth-order valence-corrected chi connectivity index (χ4v) is 5.70. The molecule has 1 aromatic carbocycles. The summed E-state index contributed by atoms with van der Waals surface area (Å²) in [6, 6.07) is 7.19. The molecule has 6 heteroatoms. The SMILES string of the molecule is CCCCCCCCCCCCC(F)S(=O)(=O)c1nc2ccccc2s1. The van der Waals surface area contributed by atoms with Crippen LogP contribution in [0.5, 0.6) is 0 Å². The molecule has 0 spiro atoms. The van der Waals surface area contributed by atoms with E-state index in [4.69, 9.17) is 0 Å². The van der Waals surface area contributed by atoms with Crippen LogP contribution in [0.4, 0.5) is 4.39 Å². The average Bonchev–Trinajstić information content (AvgIpc) is 3.08. The Bertz CT molecular complexity index is 725. The first-order chi connectivity index (χ1) is 12.6. The smallest absolute Gasteiger partial charge is 0.230 e. The van der Waals surface area contributed by atoms with E-state index in [1.807, 2.05) is 12.1 Å². The van der Waals surface area contributed by atoms with Crippen LogP contribution in [0.15, 0.2) is 28.6 Å². The van der Waals surface area contributed by atoms with Crippen molar-refractivity contribution >= 4 is 31.4 Å². The van der Waals surface area contributed by atoms with Crippen molar-refractivity contribution in [3.05, 3.63) is 24.3 Å². The molecule has 0 N–H and O–H groups in total. The van der Waals surface area contributed by atoms with Gasteiger partial charge in [-0.1, -0.05) is 76.8 Å². The lowest BCUT2D eigenvalue weighted by molar-refractivity contribution is 0.384. The zero-order chi connectivity index (χ0) is 18.8. The van der Waals surface area contributed by atoms with Gasteiger partial charge in [0, 0.05) is 0 Å². The number of hydrogen-bond donors (Lipinski definition) is 0. The summed E-state index contributed by atoms with van der Waals surface area (Å²) in [5.41, 5.74) is -1.24. The first-order valence-electron chi connectivity index (χ1n) is 9.79. The van der Waals surface area contributed by atoms with E-state index in [-0.39, 0.29) is 10.8 Å². The van der Waals surface area contributed by atoms with Gasteiger partial charge in [0.1, 0.15) is 0 Å². The molecule has 1 aromatic heterocycles. The minimum atomic E-state index is -3.97. The first-order valence-corrected chi connectivity index (χ1v) is 12.2. The highest BCUT2D eigenvalue weighted by Crippen LogP contribution is 2.29. The van der Waals surface area contributed by atoms with Crippen LogP contribution >= 0.6 is 11.3 Å². The van der Waals surface area contributed by atoms with Gasteiger partial charge in [-0.25, -0.2) is 17.8 Å². The normalized spacial score (nSPS) is 13.3. The maximum absolute atomic E-state index is 14.3. The quantitative estimate of drug-likeness (QED) is 0.353. The van der Waals surface area contributed by atoms with Crippen LogP contribution in [0.2, 0.25) is 0 Å². The summed E-state index contributed by atoms with van der Waals surface area (Å²) in [5, 5.41) is 0. The molecule has 0 aliphatic rings. The Morgan fingerprint density at radius 3 is 2.15 bits per heavy atom. The lowest BCUT2D eigenvalue weighted by Gasteiger charge is -2.07. The van der Waals surface area contributed by atoms with Gasteiger partial charge < -0.3 is 0 Å². The van der Waals surface area contributed by atoms with Crippen molar-refractivity contribution in [3.8, 4) is 0 Å². The van der Waals surface area contributed by atoms with Gasteiger partial charge in [-0.3, -0.25) is 0 Å². The first kappa shape index (κ1) is 21.3. The molecule has 0 radical (unpaired) electrons. The molecular weight excluding hydrogens is 369 g/mol. The van der Waals surface area contributed by atoms with Crippen LogP contribution in [-0.4, -0.2) is 18.9 Å². The van der Waals surface area contributed by atoms with Crippen molar-refractivity contribution < 1.29 is 12.8 Å². The minimum absolute atomic E-state index is 0.0642. The zero-order valence-corrected chi connectivity index (χ0v) is 17.3. The van der Waals surface area contributed by atoms with E-state index >= 15 is 0 Å². The van der Waals surface area contributed by atoms with Gasteiger partial charge in [0.2, 0.25) is 19.7 Å². The Labute approximate surface area is 161 Å². The highest BCUT2D eigenvalue weighted by Gasteiger charge is 2.30. The van der Waals surface area contributed by atoms with Gasteiger partial charge in [-0.2, -0.15) is 0 Å². The minimum Gasteiger partial charge on any atom is -0.230 e. The lowest BCUT2D eigenvalue weighted by atomic mass is 10.1. The molecular formula is C20H30FNO2S2. The molecule has 0 aliphatic heterocycles. The number of aromatic nitrogens is 1. The van der Waals surface area contributed by atoms with E-state index in [1.165, 1.54) is 38.5 Å². The molecule has 2 aromatic rings. The fourth-order valence-electron chi connectivity index (χ4n) is 3.03. The van der Waals surface area contributed by atoms with E-state index in [9.17, 15) is 12.8 Å². The lowest BCUT2D eigenvalue weighted by Crippen LogP contribution is -2.16. The molecule has 0 fully saturated rings. The fraction of sp³-hybridized carbons (Fsp3) is 0.650. The van der Waals surface area contributed by atoms with Gasteiger partial charge in [-0.05, 0) is 25.0 Å². The number of sulfone groups is 1. The zero-order valence-electron chi connectivity index (χ0n) is 15.6. The van der Waals surface area contributed by atoms with Crippen LogP contribution in [0.25, 0.3) is 10.2 Å². The van der Waals surface area contributed by atoms with Gasteiger partial charge in [-0.15, -0.1) is 11.3 Å². The van der Waals surface area contributed by atoms with E-state index in [1.54, 1.807) is 12.1 Å². The largest absolute Gasteiger partial charge is 0.237 e. The summed E-state index contributed by atoms with van der Waals surface area (Å²) in [6.07, 6.45) is 11.5. The van der Waals surface area contributed by atoms with E-state index in [2.05, 4.69) is 11.9 Å². The molecule has 0 saturated carbocycles. The monoisotopic (exact) mass is 399 g/mol. The molecule has 3 nitrogen and oxygen atoms in total. The summed E-state index contributed by atoms with van der Waals surface area (Å²) in [4.78, 5) is 4.10. The van der Waals surface area contributed by atoms with Gasteiger partial charge >= 0.3 is 0 Å². The van der Waals surface area contributed by atoms with Crippen molar-refractivity contribution in [1.82, 2.24) is 4.98 Å². The van der Waals surface area contributed by atoms with Crippen LogP contribution in [0.1, 0.15) is 77.6 Å². The summed E-state index contributed by atoms with van der Waals surface area (Å²) in [5.74, 6) is 0. The second kappa shape index (κ2) is 11.0. The van der Waals surface area contributed by atoms with Crippen LogP contribution < -0.4 is 0 Å². The standard InChI is InChI=1S/C20H30FNO2S2/c1-2-3-4-5-6-7-8-9-10-11-16-19(21)26(23,24)20-22-17-14-12-13-15-18(17)25-20/h12-15,19H,2-11,16H2,1H3. The number of benzene rings is 1. The van der Waals surface area contributed by atoms with Crippen LogP contribution in [0.3, 0.4) is 0 Å². The van der Waals surface area contributed by atoms with Crippen LogP contribution in [0, 0.1) is 0 Å². The third kappa shape index (κ3) is 6.31. The number of unbranched alkanes of at least 4 members (excludes halogenated alkanes) is 9. The second-order valence-electron chi connectivity index (χ2n) is 6.87. The number of halogens is 1. The Balaban J connectivity index is 1.68. The predicted molar refractivity (Wildman–Crippen MR) is 108 cm³/mol. The summed E-state index contributed by atoms with van der Waals surface area (Å²) in [7, 11) is -3.97. The molecule has 0 amide bonds. The van der Waals surface area contributed by atoms with E-state index in [0.717, 1.165) is 35.3 Å². The predicted octanol–water partition coefficient (Wildman–Crippen LogP) is 6.68. The second-order valence-corrected chi connectivity index (χ2v) is 10.2. The van der Waals surface area contributed by atoms with Crippen molar-refractivity contribution in [1.29, 1.82) is 0 Å². The topological polar surface area (TPSA) is 47.0 Å². The Hall–Kier alpha value is -1.01. The summed E-state index contributed by atoms with van der Waals surface area (Å²) in [6.45, 7) is 2.22. The Morgan fingerprint density at radius 1 is 0.962 bits per heavy atom. The van der Waals surface area contributed by atoms with E-state index < -0.39 is 15.3 Å². The number of nitrogens with zero attached hydrogens (tertiary/aromatic N) is 1. The molecule has 1 unspecified atom stereocenters. The molecule has 0 saturated heterocycles.